The molecule has 4 aliphatic rings. The molecule has 4 aliphatic heterocycles. The van der Waals surface area contributed by atoms with Gasteiger partial charge in [-0.1, -0.05) is 53.4 Å². The van der Waals surface area contributed by atoms with Crippen molar-refractivity contribution in [2.24, 2.45) is 23.7 Å². The van der Waals surface area contributed by atoms with Gasteiger partial charge in [0.25, 0.3) is 0 Å². The van der Waals surface area contributed by atoms with E-state index in [-0.39, 0.29) is 0 Å². The standard InChI is InChI=1S/C40H74N2O8/c1-29(2)39(47,31(5)43)37(45)49-27-33-23-35-17-15-21-41(35,25-33)19-13-11-9-7-8-10-12-14-20-42-22-16-18-36(42)24-34(26-42)28-50-38(46)40(48,30(3)4)32(6)44/h29-36,43-44,47-48H,7-28H2,1-6H3/q+2/t31-,32+,33-,34+,35+,36-,39-,40+,41-,42-/m1/s1. The summed E-state index contributed by atoms with van der Waals surface area (Å²) in [4.78, 5) is 25.5. The van der Waals surface area contributed by atoms with Crippen molar-refractivity contribution >= 4 is 11.9 Å². The van der Waals surface area contributed by atoms with E-state index in [9.17, 15) is 30.0 Å². The second-order valence-electron chi connectivity index (χ2n) is 17.8. The maximum atomic E-state index is 12.7. The van der Waals surface area contributed by atoms with Crippen molar-refractivity contribution in [3.05, 3.63) is 0 Å². The highest BCUT2D eigenvalue weighted by Gasteiger charge is 2.52. The maximum Gasteiger partial charge on any atom is 0.341 e. The van der Waals surface area contributed by atoms with Crippen LogP contribution < -0.4 is 0 Å². The van der Waals surface area contributed by atoms with Gasteiger partial charge in [0.1, 0.15) is 0 Å². The Morgan fingerprint density at radius 2 is 0.960 bits per heavy atom. The molecule has 0 unspecified atom stereocenters. The molecule has 0 spiro atoms. The number of rotatable bonds is 21. The molecule has 0 aromatic heterocycles. The minimum atomic E-state index is -1.86. The van der Waals surface area contributed by atoms with E-state index in [1.54, 1.807) is 27.7 Å². The highest BCUT2D eigenvalue weighted by Crippen LogP contribution is 2.41. The van der Waals surface area contributed by atoms with Gasteiger partial charge < -0.3 is 38.9 Å². The molecule has 10 nitrogen and oxygen atoms in total. The van der Waals surface area contributed by atoms with Gasteiger partial charge in [-0.25, -0.2) is 9.59 Å². The Kier molecular flexibility index (Phi) is 14.7. The summed E-state index contributed by atoms with van der Waals surface area (Å²) in [6.07, 6.45) is 15.2. The second kappa shape index (κ2) is 17.7. The van der Waals surface area contributed by atoms with Crippen molar-refractivity contribution in [2.45, 2.75) is 167 Å². The third kappa shape index (κ3) is 9.07. The van der Waals surface area contributed by atoms with E-state index in [2.05, 4.69) is 0 Å². The SMILES string of the molecule is CC(C)[C@](O)(C(=O)OC[C@@H]1C[C@@H]2CCC[N@+]2(CCCCCCCCCC[N@+]23CCC[C@@H]2C[C@H](COC(=O)[C@](O)(C(C)C)[C@H](C)O)C3)C1)[C@@H](C)O. The summed E-state index contributed by atoms with van der Waals surface area (Å²) in [7, 11) is 0. The Bertz CT molecular complexity index is 997. The van der Waals surface area contributed by atoms with Crippen molar-refractivity contribution in [2.75, 3.05) is 52.5 Å². The fourth-order valence-electron chi connectivity index (χ4n) is 10.6. The molecule has 0 aromatic rings. The Balaban J connectivity index is 1.08. The lowest BCUT2D eigenvalue weighted by Crippen LogP contribution is -2.53. The zero-order valence-electron chi connectivity index (χ0n) is 32.5. The van der Waals surface area contributed by atoms with Crippen LogP contribution in [0.25, 0.3) is 0 Å². The van der Waals surface area contributed by atoms with Gasteiger partial charge in [-0.2, -0.15) is 0 Å². The first kappa shape index (κ1) is 41.5. The van der Waals surface area contributed by atoms with Gasteiger partial charge >= 0.3 is 11.9 Å². The number of carbonyl (C=O) groups is 2. The molecule has 4 rings (SSSR count). The first-order valence-corrected chi connectivity index (χ1v) is 20.5. The molecule has 290 valence electrons. The molecular formula is C40H74N2O8+2. The van der Waals surface area contributed by atoms with Crippen molar-refractivity contribution in [3.63, 3.8) is 0 Å². The molecule has 4 saturated heterocycles. The predicted octanol–water partition coefficient (Wildman–Crippen LogP) is 4.73. The van der Waals surface area contributed by atoms with Crippen LogP contribution in [0.3, 0.4) is 0 Å². The summed E-state index contributed by atoms with van der Waals surface area (Å²) in [5, 5.41) is 41.7. The first-order valence-electron chi connectivity index (χ1n) is 20.5. The van der Waals surface area contributed by atoms with Crippen LogP contribution in [0.5, 0.6) is 0 Å². The molecule has 0 amide bonds. The number of unbranched alkanes of at least 4 members (excludes halogenated alkanes) is 7. The van der Waals surface area contributed by atoms with Crippen LogP contribution in [0.1, 0.15) is 131 Å². The highest BCUT2D eigenvalue weighted by molar-refractivity contribution is 5.81. The summed E-state index contributed by atoms with van der Waals surface area (Å²) in [6, 6.07) is 1.34. The van der Waals surface area contributed by atoms with Crippen LogP contribution in [0.15, 0.2) is 0 Å². The van der Waals surface area contributed by atoms with E-state index in [1.807, 2.05) is 0 Å². The van der Waals surface area contributed by atoms with Crippen molar-refractivity contribution in [1.82, 2.24) is 0 Å². The topological polar surface area (TPSA) is 134 Å². The molecule has 4 N–H and O–H groups in total. The molecule has 10 heteroatoms. The van der Waals surface area contributed by atoms with Crippen LogP contribution in [0.4, 0.5) is 0 Å². The Hall–Kier alpha value is -1.30. The zero-order valence-corrected chi connectivity index (χ0v) is 32.5. The summed E-state index contributed by atoms with van der Waals surface area (Å²) in [5.74, 6) is -1.58. The molecule has 4 heterocycles. The third-order valence-electron chi connectivity index (χ3n) is 13.8. The van der Waals surface area contributed by atoms with Crippen LogP contribution in [0, 0.1) is 23.7 Å². The monoisotopic (exact) mass is 711 g/mol. The molecule has 0 aromatic carbocycles. The van der Waals surface area contributed by atoms with Gasteiger partial charge in [-0.15, -0.1) is 0 Å². The molecule has 0 saturated carbocycles. The number of hydrogen-bond donors (Lipinski definition) is 4. The summed E-state index contributed by atoms with van der Waals surface area (Å²) < 4.78 is 13.6. The number of nitrogens with zero attached hydrogens (tertiary/aromatic N) is 2. The summed E-state index contributed by atoms with van der Waals surface area (Å²) in [6.45, 7) is 17.5. The van der Waals surface area contributed by atoms with Gasteiger partial charge in [0, 0.05) is 50.4 Å². The molecule has 0 bridgehead atoms. The van der Waals surface area contributed by atoms with E-state index >= 15 is 0 Å². The van der Waals surface area contributed by atoms with Crippen LogP contribution in [-0.4, -0.2) is 129 Å². The van der Waals surface area contributed by atoms with Gasteiger partial charge in [0.2, 0.25) is 0 Å². The fraction of sp³-hybridized carbons (Fsp3) is 0.950. The maximum absolute atomic E-state index is 12.7. The molecule has 50 heavy (non-hydrogen) atoms. The van der Waals surface area contributed by atoms with E-state index < -0.39 is 47.2 Å². The average molecular weight is 711 g/mol. The Morgan fingerprint density at radius 3 is 1.28 bits per heavy atom. The normalized spacial score (nSPS) is 32.8. The number of aliphatic hydroxyl groups excluding tert-OH is 2. The van der Waals surface area contributed by atoms with Gasteiger partial charge in [0.05, 0.1) is 76.8 Å². The zero-order chi connectivity index (χ0) is 36.7. The lowest BCUT2D eigenvalue weighted by atomic mass is 9.85. The third-order valence-corrected chi connectivity index (χ3v) is 13.8. The molecule has 0 radical (unpaired) electrons. The second-order valence-corrected chi connectivity index (χ2v) is 17.8. The van der Waals surface area contributed by atoms with Crippen molar-refractivity contribution < 1.29 is 48.5 Å². The quantitative estimate of drug-likeness (QED) is 0.0764. The van der Waals surface area contributed by atoms with Crippen molar-refractivity contribution in [3.8, 4) is 0 Å². The van der Waals surface area contributed by atoms with Crippen LogP contribution >= 0.6 is 0 Å². The van der Waals surface area contributed by atoms with Crippen LogP contribution in [0.2, 0.25) is 0 Å². The van der Waals surface area contributed by atoms with Gasteiger partial charge in [0.15, 0.2) is 11.2 Å². The summed E-state index contributed by atoms with van der Waals surface area (Å²) in [5.41, 5.74) is -3.72. The number of carbonyl (C=O) groups excluding carboxylic acids is 2. The van der Waals surface area contributed by atoms with E-state index in [4.69, 9.17) is 9.47 Å². The van der Waals surface area contributed by atoms with Gasteiger partial charge in [-0.05, 0) is 51.4 Å². The van der Waals surface area contributed by atoms with E-state index in [0.29, 0.717) is 37.1 Å². The molecule has 10 atom stereocenters. The van der Waals surface area contributed by atoms with Gasteiger partial charge in [-0.3, -0.25) is 0 Å². The first-order chi connectivity index (χ1) is 23.6. The number of hydrogen-bond acceptors (Lipinski definition) is 8. The smallest absolute Gasteiger partial charge is 0.341 e. The molecule has 4 fully saturated rings. The number of ether oxygens (including phenoxy) is 2. The van der Waals surface area contributed by atoms with E-state index in [1.165, 1.54) is 126 Å². The number of quaternary nitrogens is 2. The largest absolute Gasteiger partial charge is 0.463 e. The number of aliphatic hydroxyl groups is 4. The molecule has 0 aliphatic carbocycles. The highest BCUT2D eigenvalue weighted by atomic mass is 16.6. The lowest BCUT2D eigenvalue weighted by molar-refractivity contribution is -0.928. The van der Waals surface area contributed by atoms with Crippen LogP contribution in [-0.2, 0) is 19.1 Å². The minimum absolute atomic E-state index is 0.326. The lowest BCUT2D eigenvalue weighted by Gasteiger charge is -2.35. The molecular weight excluding hydrogens is 636 g/mol. The summed E-state index contributed by atoms with van der Waals surface area (Å²) >= 11 is 0. The van der Waals surface area contributed by atoms with E-state index in [0.717, 1.165) is 25.9 Å². The fourth-order valence-corrected chi connectivity index (χ4v) is 10.6. The minimum Gasteiger partial charge on any atom is -0.463 e. The average Bonchev–Trinajstić information content (AvgIpc) is 3.80. The number of fused-ring (bicyclic) bond motifs is 2. The predicted molar refractivity (Wildman–Crippen MR) is 194 cm³/mol. The Morgan fingerprint density at radius 1 is 0.620 bits per heavy atom. The number of esters is 2. The Labute approximate surface area is 303 Å². The van der Waals surface area contributed by atoms with Crippen molar-refractivity contribution in [1.29, 1.82) is 0 Å².